The van der Waals surface area contributed by atoms with Gasteiger partial charge in [-0.25, -0.2) is 0 Å². The Balaban J connectivity index is 1.35. The molecule has 2 aromatic heterocycles. The first-order valence-corrected chi connectivity index (χ1v) is 12.2. The van der Waals surface area contributed by atoms with Crippen LogP contribution in [0.3, 0.4) is 0 Å². The van der Waals surface area contributed by atoms with Crippen molar-refractivity contribution in [2.45, 2.75) is 25.2 Å². The second-order valence-electron chi connectivity index (χ2n) is 9.08. The summed E-state index contributed by atoms with van der Waals surface area (Å²) in [6.45, 7) is 3.51. The molecule has 1 fully saturated rings. The first kappa shape index (κ1) is 23.8. The topological polar surface area (TPSA) is 73.5 Å². The molecule has 1 aliphatic heterocycles. The lowest BCUT2D eigenvalue weighted by Gasteiger charge is -2.45. The Bertz CT molecular complexity index is 1340. The third-order valence-corrected chi connectivity index (χ3v) is 7.15. The number of pyridine rings is 1. The lowest BCUT2D eigenvalue weighted by molar-refractivity contribution is -0.120. The van der Waals surface area contributed by atoms with E-state index in [9.17, 15) is 4.79 Å². The molecule has 7 nitrogen and oxygen atoms in total. The van der Waals surface area contributed by atoms with Gasteiger partial charge in [-0.1, -0.05) is 23.7 Å². The third-order valence-electron chi connectivity index (χ3n) is 6.91. The number of carbonyl (C=O) groups is 1. The van der Waals surface area contributed by atoms with Crippen LogP contribution in [0, 0.1) is 0 Å². The number of rotatable bonds is 8. The predicted octanol–water partition coefficient (Wildman–Crippen LogP) is 4.31. The Morgan fingerprint density at radius 3 is 2.80 bits per heavy atom. The van der Waals surface area contributed by atoms with Crippen LogP contribution >= 0.6 is 11.6 Å². The quantitative estimate of drug-likeness (QED) is 0.358. The summed E-state index contributed by atoms with van der Waals surface area (Å²) in [7, 11) is 3.61. The van der Waals surface area contributed by atoms with Crippen molar-refractivity contribution in [3.8, 4) is 0 Å². The van der Waals surface area contributed by atoms with Gasteiger partial charge in [0.2, 0.25) is 0 Å². The van der Waals surface area contributed by atoms with Gasteiger partial charge < -0.3 is 19.8 Å². The van der Waals surface area contributed by atoms with Crippen molar-refractivity contribution in [1.29, 1.82) is 0 Å². The summed E-state index contributed by atoms with van der Waals surface area (Å²) in [5.74, 6) is 0. The molecule has 1 saturated heterocycles. The number of fused-ring (bicyclic) bond motifs is 2. The van der Waals surface area contributed by atoms with Gasteiger partial charge in [-0.05, 0) is 42.0 Å². The van der Waals surface area contributed by atoms with Gasteiger partial charge in [0.15, 0.2) is 0 Å². The highest BCUT2D eigenvalue weighted by Gasteiger charge is 2.36. The summed E-state index contributed by atoms with van der Waals surface area (Å²) in [5, 5.41) is 6.12. The Morgan fingerprint density at radius 2 is 2.00 bits per heavy atom. The average Bonchev–Trinajstić information content (AvgIpc) is 3.26. The summed E-state index contributed by atoms with van der Waals surface area (Å²) >= 11 is 6.16. The van der Waals surface area contributed by atoms with E-state index in [1.54, 1.807) is 7.11 Å². The highest BCUT2D eigenvalue weighted by atomic mass is 35.5. The molecule has 0 spiro atoms. The molecule has 1 aliphatic rings. The number of nitrogens with zero attached hydrogens (tertiary/aromatic N) is 3. The zero-order chi connectivity index (χ0) is 24.4. The Labute approximate surface area is 210 Å². The van der Waals surface area contributed by atoms with Crippen molar-refractivity contribution in [3.63, 3.8) is 0 Å². The van der Waals surface area contributed by atoms with E-state index in [0.717, 1.165) is 63.1 Å². The van der Waals surface area contributed by atoms with Gasteiger partial charge >= 0.3 is 0 Å². The van der Waals surface area contributed by atoms with E-state index in [2.05, 4.69) is 49.4 Å². The van der Waals surface area contributed by atoms with Crippen molar-refractivity contribution < 1.29 is 9.53 Å². The number of benzene rings is 2. The minimum Gasteiger partial charge on any atom is -0.388 e. The zero-order valence-electron chi connectivity index (χ0n) is 20.0. The zero-order valence-corrected chi connectivity index (χ0v) is 20.8. The maximum atomic E-state index is 12.4. The van der Waals surface area contributed by atoms with E-state index in [1.807, 2.05) is 37.5 Å². The molecule has 35 heavy (non-hydrogen) atoms. The Kier molecular flexibility index (Phi) is 7.02. The van der Waals surface area contributed by atoms with Gasteiger partial charge in [0.25, 0.3) is 0 Å². The number of H-pyrrole nitrogens is 1. The largest absolute Gasteiger partial charge is 0.388 e. The van der Waals surface area contributed by atoms with Crippen LogP contribution in [0.5, 0.6) is 0 Å². The molecular formula is C27H30ClN5O2. The predicted molar refractivity (Wildman–Crippen MR) is 141 cm³/mol. The van der Waals surface area contributed by atoms with E-state index in [0.29, 0.717) is 19.7 Å². The number of anilines is 1. The van der Waals surface area contributed by atoms with Gasteiger partial charge in [0.1, 0.15) is 6.29 Å². The smallest absolute Gasteiger partial charge is 0.138 e. The van der Waals surface area contributed by atoms with Crippen molar-refractivity contribution >= 4 is 45.4 Å². The summed E-state index contributed by atoms with van der Waals surface area (Å²) in [5.41, 5.74) is 5.30. The summed E-state index contributed by atoms with van der Waals surface area (Å²) < 4.78 is 5.57. The fourth-order valence-corrected chi connectivity index (χ4v) is 5.36. The maximum absolute atomic E-state index is 12.4. The van der Waals surface area contributed by atoms with Crippen molar-refractivity contribution in [2.24, 2.45) is 0 Å². The lowest BCUT2D eigenvalue weighted by Crippen LogP contribution is -2.61. The fraction of sp³-hybridized carbons (Fsp3) is 0.333. The van der Waals surface area contributed by atoms with Crippen LogP contribution < -0.4 is 5.32 Å². The van der Waals surface area contributed by atoms with Crippen LogP contribution in [0.25, 0.3) is 21.8 Å². The van der Waals surface area contributed by atoms with Crippen LogP contribution in [0.1, 0.15) is 11.3 Å². The van der Waals surface area contributed by atoms with Crippen LogP contribution in [0.4, 0.5) is 5.69 Å². The third kappa shape index (κ3) is 4.90. The number of hydrogen-bond acceptors (Lipinski definition) is 6. The van der Waals surface area contributed by atoms with Gasteiger partial charge in [-0.2, -0.15) is 0 Å². The van der Waals surface area contributed by atoms with Gasteiger partial charge in [0, 0.05) is 79.2 Å². The Morgan fingerprint density at radius 1 is 1.14 bits per heavy atom. The highest BCUT2D eigenvalue weighted by Crippen LogP contribution is 2.26. The number of carbonyl (C=O) groups excluding carboxylic acids is 1. The molecule has 8 heteroatoms. The normalized spacial score (nSPS) is 19.4. The maximum Gasteiger partial charge on any atom is 0.138 e. The first-order chi connectivity index (χ1) is 17.1. The van der Waals surface area contributed by atoms with Gasteiger partial charge in [-0.15, -0.1) is 0 Å². The van der Waals surface area contributed by atoms with E-state index in [1.165, 1.54) is 0 Å². The fourth-order valence-electron chi connectivity index (χ4n) is 5.18. The monoisotopic (exact) mass is 491 g/mol. The Hall–Kier alpha value is -2.97. The van der Waals surface area contributed by atoms with E-state index >= 15 is 0 Å². The van der Waals surface area contributed by atoms with E-state index in [-0.39, 0.29) is 12.1 Å². The highest BCUT2D eigenvalue weighted by molar-refractivity contribution is 6.31. The summed E-state index contributed by atoms with van der Waals surface area (Å²) in [6, 6.07) is 16.0. The van der Waals surface area contributed by atoms with Crippen LogP contribution in [-0.2, 0) is 22.6 Å². The SMILES string of the molecule is CNc1ccnc2cc(CN3CCN(Cc4cc5cc(Cl)ccc5[nH]4)[C@H](COC)C3C=O)ccc12. The number of hydrogen-bond donors (Lipinski definition) is 2. The van der Waals surface area contributed by atoms with E-state index < -0.39 is 0 Å². The number of aromatic amines is 1. The number of halogens is 1. The minimum absolute atomic E-state index is 0.0456. The molecule has 0 aliphatic carbocycles. The number of aldehydes is 1. The molecule has 3 heterocycles. The molecule has 182 valence electrons. The summed E-state index contributed by atoms with van der Waals surface area (Å²) in [6.07, 6.45) is 2.89. The molecule has 4 aromatic rings. The minimum atomic E-state index is -0.269. The molecule has 0 radical (unpaired) electrons. The number of piperazine rings is 1. The molecule has 0 bridgehead atoms. The van der Waals surface area contributed by atoms with Crippen LogP contribution in [-0.4, -0.2) is 72.0 Å². The molecule has 0 saturated carbocycles. The second kappa shape index (κ2) is 10.3. The van der Waals surface area contributed by atoms with Crippen molar-refractivity contribution in [2.75, 3.05) is 39.2 Å². The molecular weight excluding hydrogens is 462 g/mol. The van der Waals surface area contributed by atoms with Gasteiger partial charge in [0.05, 0.1) is 24.2 Å². The van der Waals surface area contributed by atoms with Crippen molar-refractivity contribution in [3.05, 3.63) is 71.0 Å². The average molecular weight is 492 g/mol. The standard InChI is InChI=1S/C27H30ClN5O2/c1-29-24-7-8-30-25-11-18(3-5-22(24)25)14-32-9-10-33(27(17-35-2)26(32)16-34)15-21-13-19-12-20(28)4-6-23(19)31-21/h3-8,11-13,16,26-27,31H,9-10,14-15,17H2,1-2H3,(H,29,30)/t26?,27-/m1/s1. The number of methoxy groups -OCH3 is 1. The lowest BCUT2D eigenvalue weighted by atomic mass is 10.0. The number of ether oxygens (including phenoxy) is 1. The summed E-state index contributed by atoms with van der Waals surface area (Å²) in [4.78, 5) is 25.0. The molecule has 0 amide bonds. The van der Waals surface area contributed by atoms with Crippen LogP contribution in [0.15, 0.2) is 54.7 Å². The number of aromatic nitrogens is 2. The molecule has 2 N–H and O–H groups in total. The first-order valence-electron chi connectivity index (χ1n) is 11.8. The van der Waals surface area contributed by atoms with E-state index in [4.69, 9.17) is 16.3 Å². The molecule has 2 aromatic carbocycles. The van der Waals surface area contributed by atoms with Crippen molar-refractivity contribution in [1.82, 2.24) is 19.8 Å². The molecule has 2 atom stereocenters. The molecule has 1 unspecified atom stereocenters. The van der Waals surface area contributed by atoms with Crippen LogP contribution in [0.2, 0.25) is 5.02 Å². The second-order valence-corrected chi connectivity index (χ2v) is 9.51. The molecule has 5 rings (SSSR count). The van der Waals surface area contributed by atoms with Gasteiger partial charge in [-0.3, -0.25) is 14.8 Å². The number of nitrogens with one attached hydrogen (secondary N) is 2.